The van der Waals surface area contributed by atoms with Gasteiger partial charge in [0.05, 0.1) is 6.54 Å². The van der Waals surface area contributed by atoms with Crippen LogP contribution in [-0.2, 0) is 6.54 Å². The molecule has 1 atom stereocenters. The maximum Gasteiger partial charge on any atom is 0.230 e. The lowest BCUT2D eigenvalue weighted by atomic mass is 9.94. The number of hydrogen-bond acceptors (Lipinski definition) is 4. The van der Waals surface area contributed by atoms with E-state index in [-0.39, 0.29) is 6.04 Å². The minimum Gasteiger partial charge on any atom is -0.424 e. The fourth-order valence-corrected chi connectivity index (χ4v) is 2.78. The van der Waals surface area contributed by atoms with Crippen LogP contribution in [0.2, 0.25) is 5.02 Å². The molecule has 0 saturated carbocycles. The van der Waals surface area contributed by atoms with Crippen LogP contribution in [0.15, 0.2) is 28.7 Å². The third-order valence-corrected chi connectivity index (χ3v) is 3.63. The summed E-state index contributed by atoms with van der Waals surface area (Å²) in [7, 11) is 2.05. The van der Waals surface area contributed by atoms with E-state index in [4.69, 9.17) is 16.0 Å². The first-order valence-electron chi connectivity index (χ1n) is 6.72. The van der Waals surface area contributed by atoms with E-state index >= 15 is 0 Å². The van der Waals surface area contributed by atoms with Crippen molar-refractivity contribution < 1.29 is 4.42 Å². The van der Waals surface area contributed by atoms with Gasteiger partial charge in [0.25, 0.3) is 0 Å². The molecule has 1 unspecified atom stereocenters. The van der Waals surface area contributed by atoms with Crippen molar-refractivity contribution in [2.75, 3.05) is 7.05 Å². The van der Waals surface area contributed by atoms with E-state index in [0.29, 0.717) is 24.2 Å². The Bertz CT molecular complexity index is 568. The molecule has 0 aliphatic heterocycles. The fraction of sp³-hybridized carbons (Fsp3) is 0.467. The maximum absolute atomic E-state index is 6.34. The molecule has 0 aliphatic carbocycles. The van der Waals surface area contributed by atoms with Crippen molar-refractivity contribution in [3.8, 4) is 0 Å². The Morgan fingerprint density at radius 2 is 1.95 bits per heavy atom. The van der Waals surface area contributed by atoms with Crippen molar-refractivity contribution in [2.45, 2.75) is 33.4 Å². The Morgan fingerprint density at radius 3 is 2.50 bits per heavy atom. The molecular weight excluding hydrogens is 274 g/mol. The van der Waals surface area contributed by atoms with Crippen molar-refractivity contribution in [2.24, 2.45) is 5.92 Å². The summed E-state index contributed by atoms with van der Waals surface area (Å²) in [6.07, 6.45) is 0. The molecule has 4 nitrogen and oxygen atoms in total. The van der Waals surface area contributed by atoms with E-state index in [0.717, 1.165) is 10.6 Å². The number of hydrogen-bond donors (Lipinski definition) is 0. The largest absolute Gasteiger partial charge is 0.424 e. The summed E-state index contributed by atoms with van der Waals surface area (Å²) in [5.41, 5.74) is 1.13. The zero-order chi connectivity index (χ0) is 14.7. The molecule has 1 aromatic carbocycles. The molecule has 0 N–H and O–H groups in total. The van der Waals surface area contributed by atoms with Gasteiger partial charge in [0.1, 0.15) is 0 Å². The molecule has 2 rings (SSSR count). The standard InChI is InChI=1S/C15H20ClN3O/c1-10(2)15(12-7-5-6-8-13(12)16)19(4)9-14-18-17-11(3)20-14/h5-8,10,15H,9H2,1-4H3. The van der Waals surface area contributed by atoms with Gasteiger partial charge < -0.3 is 4.42 Å². The second-order valence-electron chi connectivity index (χ2n) is 5.34. The van der Waals surface area contributed by atoms with Gasteiger partial charge in [-0.25, -0.2) is 0 Å². The van der Waals surface area contributed by atoms with Crippen LogP contribution in [0.3, 0.4) is 0 Å². The van der Waals surface area contributed by atoms with Gasteiger partial charge in [-0.15, -0.1) is 10.2 Å². The molecule has 2 aromatic rings. The van der Waals surface area contributed by atoms with Crippen LogP contribution in [0.5, 0.6) is 0 Å². The van der Waals surface area contributed by atoms with Crippen LogP contribution in [0, 0.1) is 12.8 Å². The van der Waals surface area contributed by atoms with Crippen LogP contribution < -0.4 is 0 Å². The second-order valence-corrected chi connectivity index (χ2v) is 5.75. The van der Waals surface area contributed by atoms with Gasteiger partial charge in [-0.3, -0.25) is 4.90 Å². The highest BCUT2D eigenvalue weighted by atomic mass is 35.5. The summed E-state index contributed by atoms with van der Waals surface area (Å²) in [5, 5.41) is 8.71. The predicted octanol–water partition coefficient (Wildman–Crippen LogP) is 3.86. The molecule has 20 heavy (non-hydrogen) atoms. The van der Waals surface area contributed by atoms with Gasteiger partial charge in [0, 0.05) is 18.0 Å². The van der Waals surface area contributed by atoms with E-state index in [2.05, 4.69) is 35.0 Å². The highest BCUT2D eigenvalue weighted by Crippen LogP contribution is 2.33. The average molecular weight is 294 g/mol. The molecule has 0 aliphatic rings. The molecular formula is C15H20ClN3O. The van der Waals surface area contributed by atoms with E-state index in [1.54, 1.807) is 6.92 Å². The SMILES string of the molecule is Cc1nnc(CN(C)C(c2ccccc2Cl)C(C)C)o1. The second kappa shape index (κ2) is 6.37. The van der Waals surface area contributed by atoms with Crippen molar-refractivity contribution in [3.63, 3.8) is 0 Å². The molecule has 1 heterocycles. The number of rotatable bonds is 5. The van der Waals surface area contributed by atoms with E-state index in [1.165, 1.54) is 0 Å². The van der Waals surface area contributed by atoms with Gasteiger partial charge in [-0.05, 0) is 24.6 Å². The third-order valence-electron chi connectivity index (χ3n) is 3.28. The maximum atomic E-state index is 6.34. The number of aryl methyl sites for hydroxylation is 1. The Kier molecular flexibility index (Phi) is 4.78. The van der Waals surface area contributed by atoms with Crippen LogP contribution in [-0.4, -0.2) is 22.1 Å². The normalized spacial score (nSPS) is 13.2. The zero-order valence-electron chi connectivity index (χ0n) is 12.3. The first-order valence-corrected chi connectivity index (χ1v) is 7.10. The molecule has 1 aromatic heterocycles. The van der Waals surface area contributed by atoms with Crippen LogP contribution in [0.25, 0.3) is 0 Å². The number of benzene rings is 1. The van der Waals surface area contributed by atoms with Gasteiger partial charge in [-0.2, -0.15) is 0 Å². The minimum absolute atomic E-state index is 0.205. The zero-order valence-corrected chi connectivity index (χ0v) is 13.1. The third kappa shape index (κ3) is 3.38. The lowest BCUT2D eigenvalue weighted by molar-refractivity contribution is 0.170. The van der Waals surface area contributed by atoms with Crippen LogP contribution in [0.4, 0.5) is 0 Å². The molecule has 5 heteroatoms. The van der Waals surface area contributed by atoms with E-state index < -0.39 is 0 Å². The van der Waals surface area contributed by atoms with Gasteiger partial charge >= 0.3 is 0 Å². The fourth-order valence-electron chi connectivity index (χ4n) is 2.53. The van der Waals surface area contributed by atoms with Crippen molar-refractivity contribution in [1.29, 1.82) is 0 Å². The molecule has 0 amide bonds. The summed E-state index contributed by atoms with van der Waals surface area (Å²) in [6, 6.07) is 8.17. The monoisotopic (exact) mass is 293 g/mol. The first-order chi connectivity index (χ1) is 9.49. The average Bonchev–Trinajstić information content (AvgIpc) is 2.77. The topological polar surface area (TPSA) is 42.2 Å². The summed E-state index contributed by atoms with van der Waals surface area (Å²) in [4.78, 5) is 2.19. The highest BCUT2D eigenvalue weighted by Gasteiger charge is 2.24. The number of nitrogens with zero attached hydrogens (tertiary/aromatic N) is 3. The molecule has 0 saturated heterocycles. The predicted molar refractivity (Wildman–Crippen MR) is 79.5 cm³/mol. The van der Waals surface area contributed by atoms with Crippen molar-refractivity contribution in [3.05, 3.63) is 46.6 Å². The van der Waals surface area contributed by atoms with E-state index in [9.17, 15) is 0 Å². The van der Waals surface area contributed by atoms with Crippen LogP contribution in [0.1, 0.15) is 37.2 Å². The first kappa shape index (κ1) is 15.0. The molecule has 0 radical (unpaired) electrons. The Labute approximate surface area is 124 Å². The van der Waals surface area contributed by atoms with Gasteiger partial charge in [0.15, 0.2) is 0 Å². The highest BCUT2D eigenvalue weighted by molar-refractivity contribution is 6.31. The quantitative estimate of drug-likeness (QED) is 0.839. The summed E-state index contributed by atoms with van der Waals surface area (Å²) < 4.78 is 5.45. The molecule has 0 spiro atoms. The molecule has 108 valence electrons. The number of aromatic nitrogens is 2. The summed E-state index contributed by atoms with van der Waals surface area (Å²) in [6.45, 7) is 6.77. The lowest BCUT2D eigenvalue weighted by Gasteiger charge is -2.31. The van der Waals surface area contributed by atoms with Crippen molar-refractivity contribution >= 4 is 11.6 Å². The summed E-state index contributed by atoms with van der Waals surface area (Å²) in [5.74, 6) is 1.64. The lowest BCUT2D eigenvalue weighted by Crippen LogP contribution is -2.28. The molecule has 0 fully saturated rings. The summed E-state index contributed by atoms with van der Waals surface area (Å²) >= 11 is 6.34. The Morgan fingerprint density at radius 1 is 1.25 bits per heavy atom. The van der Waals surface area contributed by atoms with Gasteiger partial charge in [-0.1, -0.05) is 43.6 Å². The molecule has 0 bridgehead atoms. The smallest absolute Gasteiger partial charge is 0.230 e. The Balaban J connectivity index is 2.22. The Hall–Kier alpha value is -1.39. The van der Waals surface area contributed by atoms with Gasteiger partial charge in [0.2, 0.25) is 11.8 Å². The number of halogens is 1. The van der Waals surface area contributed by atoms with Crippen molar-refractivity contribution in [1.82, 2.24) is 15.1 Å². The van der Waals surface area contributed by atoms with Crippen LogP contribution >= 0.6 is 11.6 Å². The van der Waals surface area contributed by atoms with E-state index in [1.807, 2.05) is 25.2 Å². The minimum atomic E-state index is 0.205.